The lowest BCUT2D eigenvalue weighted by Crippen LogP contribution is -2.51. The standard InChI is InChI=1S/C23H24ClF2N3O5/c1-4-5-8-28-12(2)16(11-34-3)29-10-14(20(30)21(31)19(29)23(28)33)22(32)27-9-13-6-7-15(25)17(24)18(13)26/h4-7,10,12,16,31H,8-9,11H2,1-3H3,(H,27,32)/b5-4-/t12-,16-/m0/s1. The largest absolute Gasteiger partial charge is 0.503 e. The van der Waals surface area contributed by atoms with Gasteiger partial charge in [0.05, 0.1) is 18.7 Å². The summed E-state index contributed by atoms with van der Waals surface area (Å²) < 4.78 is 34.2. The Hall–Kier alpha value is -3.24. The average Bonchev–Trinajstić information content (AvgIpc) is 2.81. The van der Waals surface area contributed by atoms with E-state index in [1.165, 1.54) is 22.8 Å². The zero-order chi connectivity index (χ0) is 25.2. The highest BCUT2D eigenvalue weighted by atomic mass is 35.5. The van der Waals surface area contributed by atoms with Crippen LogP contribution in [0.3, 0.4) is 0 Å². The molecule has 0 aliphatic carbocycles. The number of carbonyl (C=O) groups excluding carboxylic acids is 2. The van der Waals surface area contributed by atoms with Crippen molar-refractivity contribution in [3.05, 3.63) is 74.2 Å². The molecule has 0 saturated carbocycles. The first-order chi connectivity index (χ1) is 16.1. The van der Waals surface area contributed by atoms with Crippen molar-refractivity contribution in [3.63, 3.8) is 0 Å². The number of pyridine rings is 1. The van der Waals surface area contributed by atoms with Crippen LogP contribution in [-0.4, -0.2) is 52.7 Å². The van der Waals surface area contributed by atoms with Crippen LogP contribution in [0.15, 0.2) is 35.3 Å². The second-order valence-electron chi connectivity index (χ2n) is 7.78. The Morgan fingerprint density at radius 3 is 2.68 bits per heavy atom. The van der Waals surface area contributed by atoms with E-state index in [0.717, 1.165) is 12.1 Å². The van der Waals surface area contributed by atoms with Gasteiger partial charge in [0.2, 0.25) is 5.43 Å². The number of amides is 2. The minimum Gasteiger partial charge on any atom is -0.503 e. The smallest absolute Gasteiger partial charge is 0.275 e. The van der Waals surface area contributed by atoms with Crippen molar-refractivity contribution in [2.24, 2.45) is 0 Å². The molecule has 34 heavy (non-hydrogen) atoms. The number of rotatable bonds is 7. The van der Waals surface area contributed by atoms with Crippen LogP contribution in [0.4, 0.5) is 8.78 Å². The van der Waals surface area contributed by atoms with Crippen LogP contribution in [0.2, 0.25) is 5.02 Å². The van der Waals surface area contributed by atoms with Crippen LogP contribution < -0.4 is 10.7 Å². The van der Waals surface area contributed by atoms with Gasteiger partial charge in [-0.15, -0.1) is 0 Å². The zero-order valence-electron chi connectivity index (χ0n) is 18.8. The topological polar surface area (TPSA) is 101 Å². The highest BCUT2D eigenvalue weighted by Crippen LogP contribution is 2.31. The molecule has 2 heterocycles. The first-order valence-corrected chi connectivity index (χ1v) is 10.8. The molecular formula is C23H24ClF2N3O5. The van der Waals surface area contributed by atoms with Crippen LogP contribution >= 0.6 is 11.6 Å². The Balaban J connectivity index is 2.00. The lowest BCUT2D eigenvalue weighted by Gasteiger charge is -2.41. The predicted octanol–water partition coefficient (Wildman–Crippen LogP) is 3.02. The summed E-state index contributed by atoms with van der Waals surface area (Å²) in [5.41, 5.74) is -1.84. The summed E-state index contributed by atoms with van der Waals surface area (Å²) in [5, 5.41) is 12.3. The van der Waals surface area contributed by atoms with E-state index < -0.39 is 51.3 Å². The third-order valence-corrected chi connectivity index (χ3v) is 6.10. The molecule has 0 radical (unpaired) electrons. The van der Waals surface area contributed by atoms with Crippen LogP contribution in [0.5, 0.6) is 5.75 Å². The molecule has 1 aromatic carbocycles. The molecule has 2 atom stereocenters. The Morgan fingerprint density at radius 1 is 1.32 bits per heavy atom. The average molecular weight is 496 g/mol. The van der Waals surface area contributed by atoms with Crippen molar-refractivity contribution < 1.29 is 28.2 Å². The normalized spacial score (nSPS) is 17.8. The van der Waals surface area contributed by atoms with Gasteiger partial charge in [0.15, 0.2) is 11.4 Å². The van der Waals surface area contributed by atoms with Gasteiger partial charge in [-0.3, -0.25) is 14.4 Å². The first kappa shape index (κ1) is 25.4. The van der Waals surface area contributed by atoms with E-state index in [0.29, 0.717) is 0 Å². The van der Waals surface area contributed by atoms with Crippen LogP contribution in [-0.2, 0) is 11.3 Å². The molecule has 3 rings (SSSR count). The summed E-state index contributed by atoms with van der Waals surface area (Å²) in [6.07, 6.45) is 4.73. The number of aromatic hydroxyl groups is 1. The number of fused-ring (bicyclic) bond motifs is 1. The Kier molecular flexibility index (Phi) is 7.73. The molecule has 0 spiro atoms. The Labute approximate surface area is 199 Å². The Bertz CT molecular complexity index is 1210. The molecule has 2 aromatic rings. The van der Waals surface area contributed by atoms with Gasteiger partial charge in [-0.25, -0.2) is 8.78 Å². The minimum absolute atomic E-state index is 0.0947. The molecule has 1 aromatic heterocycles. The fraction of sp³-hybridized carbons (Fsp3) is 0.348. The van der Waals surface area contributed by atoms with Gasteiger partial charge in [-0.1, -0.05) is 29.8 Å². The predicted molar refractivity (Wildman–Crippen MR) is 121 cm³/mol. The zero-order valence-corrected chi connectivity index (χ0v) is 19.5. The molecule has 0 unspecified atom stereocenters. The number of benzene rings is 1. The number of halogens is 3. The fourth-order valence-electron chi connectivity index (χ4n) is 3.85. The van der Waals surface area contributed by atoms with Crippen LogP contribution in [0.1, 0.15) is 46.3 Å². The van der Waals surface area contributed by atoms with Gasteiger partial charge < -0.3 is 24.6 Å². The number of hydrogen-bond acceptors (Lipinski definition) is 5. The van der Waals surface area contributed by atoms with E-state index >= 15 is 0 Å². The van der Waals surface area contributed by atoms with Gasteiger partial charge in [0.1, 0.15) is 22.2 Å². The van der Waals surface area contributed by atoms with E-state index in [1.54, 1.807) is 26.0 Å². The minimum atomic E-state index is -1.05. The second-order valence-corrected chi connectivity index (χ2v) is 8.16. The van der Waals surface area contributed by atoms with E-state index in [2.05, 4.69) is 5.32 Å². The third kappa shape index (κ3) is 4.55. The van der Waals surface area contributed by atoms with Gasteiger partial charge >= 0.3 is 0 Å². The number of nitrogens with zero attached hydrogens (tertiary/aromatic N) is 2. The maximum absolute atomic E-state index is 14.1. The van der Waals surface area contributed by atoms with Gasteiger partial charge in [0.25, 0.3) is 11.8 Å². The van der Waals surface area contributed by atoms with E-state index in [4.69, 9.17) is 16.3 Å². The number of aromatic nitrogens is 1. The number of hydrogen-bond donors (Lipinski definition) is 2. The summed E-state index contributed by atoms with van der Waals surface area (Å²) >= 11 is 5.56. The SMILES string of the molecule is C/C=C\CN1C(=O)c2c(O)c(=O)c(C(=O)NCc3ccc(F)c(Cl)c3F)cn2[C@@H](COC)[C@@H]1C. The lowest BCUT2D eigenvalue weighted by molar-refractivity contribution is 0.0435. The molecular weight excluding hydrogens is 472 g/mol. The third-order valence-electron chi connectivity index (χ3n) is 5.75. The molecule has 2 N–H and O–H groups in total. The van der Waals surface area contributed by atoms with Crippen molar-refractivity contribution in [1.29, 1.82) is 0 Å². The molecule has 182 valence electrons. The molecule has 2 amide bonds. The number of allylic oxidation sites excluding steroid dienone is 1. The first-order valence-electron chi connectivity index (χ1n) is 10.4. The summed E-state index contributed by atoms with van der Waals surface area (Å²) in [6.45, 7) is 3.61. The Morgan fingerprint density at radius 2 is 2.03 bits per heavy atom. The van der Waals surface area contributed by atoms with Crippen molar-refractivity contribution in [2.45, 2.75) is 32.5 Å². The summed E-state index contributed by atoms with van der Waals surface area (Å²) in [7, 11) is 1.47. The van der Waals surface area contributed by atoms with Crippen molar-refractivity contribution in [1.82, 2.24) is 14.8 Å². The van der Waals surface area contributed by atoms with Crippen molar-refractivity contribution in [2.75, 3.05) is 20.3 Å². The highest BCUT2D eigenvalue weighted by Gasteiger charge is 2.39. The number of ether oxygens (including phenoxy) is 1. The number of nitrogens with one attached hydrogen (secondary N) is 1. The molecule has 0 saturated heterocycles. The van der Waals surface area contributed by atoms with Gasteiger partial charge in [0, 0.05) is 32.0 Å². The molecule has 11 heteroatoms. The summed E-state index contributed by atoms with van der Waals surface area (Å²) in [4.78, 5) is 40.1. The maximum atomic E-state index is 14.1. The van der Waals surface area contributed by atoms with E-state index in [-0.39, 0.29) is 37.0 Å². The highest BCUT2D eigenvalue weighted by molar-refractivity contribution is 6.30. The molecule has 0 bridgehead atoms. The number of methoxy groups -OCH3 is 1. The molecule has 0 fully saturated rings. The van der Waals surface area contributed by atoms with Gasteiger partial charge in [-0.2, -0.15) is 0 Å². The van der Waals surface area contributed by atoms with Gasteiger partial charge in [-0.05, 0) is 19.9 Å². The molecule has 1 aliphatic heterocycles. The monoisotopic (exact) mass is 495 g/mol. The van der Waals surface area contributed by atoms with E-state index in [1.807, 2.05) is 0 Å². The van der Waals surface area contributed by atoms with Crippen LogP contribution in [0, 0.1) is 11.6 Å². The molecule has 1 aliphatic rings. The summed E-state index contributed by atoms with van der Waals surface area (Å²) in [6, 6.07) is 1.18. The van der Waals surface area contributed by atoms with Crippen molar-refractivity contribution >= 4 is 23.4 Å². The second kappa shape index (κ2) is 10.4. The lowest BCUT2D eigenvalue weighted by atomic mass is 10.0. The number of carbonyl (C=O) groups is 2. The quantitative estimate of drug-likeness (QED) is 0.454. The van der Waals surface area contributed by atoms with Crippen molar-refractivity contribution in [3.8, 4) is 5.75 Å². The maximum Gasteiger partial charge on any atom is 0.275 e. The van der Waals surface area contributed by atoms with Crippen LogP contribution in [0.25, 0.3) is 0 Å². The summed E-state index contributed by atoms with van der Waals surface area (Å²) in [5.74, 6) is -4.33. The fourth-order valence-corrected chi connectivity index (χ4v) is 4.03. The van der Waals surface area contributed by atoms with E-state index in [9.17, 15) is 28.3 Å². The molecule has 8 nitrogen and oxygen atoms in total.